The number of hydrogen-bond acceptors (Lipinski definition) is 2. The first-order chi connectivity index (χ1) is 5.25. The van der Waals surface area contributed by atoms with Crippen LogP contribution in [0, 0.1) is 0 Å². The van der Waals surface area contributed by atoms with Crippen molar-refractivity contribution in [3.63, 3.8) is 0 Å². The van der Waals surface area contributed by atoms with E-state index < -0.39 is 0 Å². The zero-order valence-electron chi connectivity index (χ0n) is 6.99. The Labute approximate surface area is 66.7 Å². The predicted octanol–water partition coefficient (Wildman–Crippen LogP) is 1.25. The molecular weight excluding hydrogens is 140 g/mol. The van der Waals surface area contributed by atoms with E-state index in [-0.39, 0.29) is 6.10 Å². The monoisotopic (exact) mass is 154 g/mol. The maximum Gasteiger partial charge on any atom is 0.0956 e. The van der Waals surface area contributed by atoms with Crippen LogP contribution in [0.15, 0.2) is 12.3 Å². The van der Waals surface area contributed by atoms with Crippen molar-refractivity contribution in [2.45, 2.75) is 25.9 Å². The number of hydrogen-bond donors (Lipinski definition) is 1. The van der Waals surface area contributed by atoms with E-state index in [2.05, 4.69) is 12.0 Å². The summed E-state index contributed by atoms with van der Waals surface area (Å²) in [6, 6.07) is 1.85. The minimum absolute atomic E-state index is 0.354. The molecule has 0 radical (unpaired) electrons. The van der Waals surface area contributed by atoms with Crippen LogP contribution < -0.4 is 0 Å². The first-order valence-electron chi connectivity index (χ1n) is 3.91. The quantitative estimate of drug-likeness (QED) is 0.711. The molecule has 1 N–H and O–H groups in total. The molecule has 11 heavy (non-hydrogen) atoms. The van der Waals surface area contributed by atoms with E-state index in [1.165, 1.54) is 0 Å². The molecule has 0 aliphatic heterocycles. The molecule has 1 aromatic rings. The summed E-state index contributed by atoms with van der Waals surface area (Å²) in [4.78, 5) is 0. The summed E-state index contributed by atoms with van der Waals surface area (Å²) in [5, 5.41) is 13.5. The molecule has 1 heterocycles. The smallest absolute Gasteiger partial charge is 0.0956 e. The molecule has 62 valence electrons. The number of aromatic nitrogens is 2. The second-order valence-electron chi connectivity index (χ2n) is 2.68. The lowest BCUT2D eigenvalue weighted by molar-refractivity contribution is 0.157. The van der Waals surface area contributed by atoms with E-state index in [0.29, 0.717) is 0 Å². The van der Waals surface area contributed by atoms with E-state index in [0.717, 1.165) is 18.5 Å². The van der Waals surface area contributed by atoms with Gasteiger partial charge in [-0.2, -0.15) is 5.10 Å². The standard InChI is InChI=1S/C8H14N2O/c1-3-4-8(11)7-5-6-9-10(7)2/h5-6,8,11H,3-4H2,1-2H3. The van der Waals surface area contributed by atoms with Gasteiger partial charge in [0.1, 0.15) is 0 Å². The van der Waals surface area contributed by atoms with Gasteiger partial charge in [-0.1, -0.05) is 13.3 Å². The normalized spacial score (nSPS) is 13.4. The van der Waals surface area contributed by atoms with Gasteiger partial charge < -0.3 is 5.11 Å². The third-order valence-electron chi connectivity index (χ3n) is 1.76. The molecule has 0 aliphatic rings. The van der Waals surface area contributed by atoms with Gasteiger partial charge in [0.25, 0.3) is 0 Å². The van der Waals surface area contributed by atoms with Gasteiger partial charge in [0.2, 0.25) is 0 Å². The van der Waals surface area contributed by atoms with E-state index in [9.17, 15) is 5.11 Å². The highest BCUT2D eigenvalue weighted by Crippen LogP contribution is 2.15. The number of aryl methyl sites for hydroxylation is 1. The van der Waals surface area contributed by atoms with Crippen LogP contribution in [0.3, 0.4) is 0 Å². The third kappa shape index (κ3) is 1.80. The highest BCUT2D eigenvalue weighted by atomic mass is 16.3. The number of rotatable bonds is 3. The zero-order valence-corrected chi connectivity index (χ0v) is 6.99. The predicted molar refractivity (Wildman–Crippen MR) is 43.1 cm³/mol. The molecule has 0 fully saturated rings. The van der Waals surface area contributed by atoms with Crippen LogP contribution in [-0.2, 0) is 7.05 Å². The van der Waals surface area contributed by atoms with Gasteiger partial charge in [-0.25, -0.2) is 0 Å². The lowest BCUT2D eigenvalue weighted by Gasteiger charge is -2.08. The molecular formula is C8H14N2O. The highest BCUT2D eigenvalue weighted by molar-refractivity contribution is 5.03. The summed E-state index contributed by atoms with van der Waals surface area (Å²) in [5.74, 6) is 0. The van der Waals surface area contributed by atoms with Gasteiger partial charge in [0, 0.05) is 13.2 Å². The second kappa shape index (κ2) is 3.53. The summed E-state index contributed by atoms with van der Waals surface area (Å²) in [6.07, 6.45) is 3.15. The van der Waals surface area contributed by atoms with Crippen molar-refractivity contribution >= 4 is 0 Å². The maximum atomic E-state index is 9.53. The summed E-state index contributed by atoms with van der Waals surface area (Å²) in [7, 11) is 1.84. The topological polar surface area (TPSA) is 38.1 Å². The van der Waals surface area contributed by atoms with Gasteiger partial charge in [0.05, 0.1) is 11.8 Å². The Hall–Kier alpha value is -0.830. The van der Waals surface area contributed by atoms with Crippen LogP contribution >= 0.6 is 0 Å². The fourth-order valence-electron chi connectivity index (χ4n) is 1.13. The summed E-state index contributed by atoms with van der Waals surface area (Å²) >= 11 is 0. The Morgan fingerprint density at radius 2 is 2.45 bits per heavy atom. The fourth-order valence-corrected chi connectivity index (χ4v) is 1.13. The average molecular weight is 154 g/mol. The van der Waals surface area contributed by atoms with Crippen molar-refractivity contribution in [1.82, 2.24) is 9.78 Å². The van der Waals surface area contributed by atoms with E-state index >= 15 is 0 Å². The molecule has 0 saturated heterocycles. The van der Waals surface area contributed by atoms with Gasteiger partial charge >= 0.3 is 0 Å². The lowest BCUT2D eigenvalue weighted by Crippen LogP contribution is -2.04. The molecule has 0 saturated carbocycles. The molecule has 1 rings (SSSR count). The van der Waals surface area contributed by atoms with Crippen LogP contribution in [0.1, 0.15) is 31.6 Å². The van der Waals surface area contributed by atoms with Crippen LogP contribution in [0.4, 0.5) is 0 Å². The summed E-state index contributed by atoms with van der Waals surface area (Å²) < 4.78 is 1.71. The number of nitrogens with zero attached hydrogens (tertiary/aromatic N) is 2. The molecule has 0 spiro atoms. The Balaban J connectivity index is 2.67. The largest absolute Gasteiger partial charge is 0.387 e. The molecule has 0 amide bonds. The molecule has 1 unspecified atom stereocenters. The van der Waals surface area contributed by atoms with Crippen molar-refractivity contribution in [3.8, 4) is 0 Å². The summed E-state index contributed by atoms with van der Waals surface area (Å²) in [5.41, 5.74) is 0.895. The molecule has 3 nitrogen and oxygen atoms in total. The molecule has 1 aromatic heterocycles. The van der Waals surface area contributed by atoms with Gasteiger partial charge in [-0.3, -0.25) is 4.68 Å². The molecule has 0 bridgehead atoms. The SMILES string of the molecule is CCCC(O)c1ccnn1C. The van der Waals surface area contributed by atoms with Crippen molar-refractivity contribution in [1.29, 1.82) is 0 Å². The van der Waals surface area contributed by atoms with Gasteiger partial charge in [-0.15, -0.1) is 0 Å². The average Bonchev–Trinajstić information content (AvgIpc) is 2.36. The van der Waals surface area contributed by atoms with Crippen molar-refractivity contribution in [2.24, 2.45) is 7.05 Å². The molecule has 0 aromatic carbocycles. The molecule has 0 aliphatic carbocycles. The summed E-state index contributed by atoms with van der Waals surface area (Å²) in [6.45, 7) is 2.06. The third-order valence-corrected chi connectivity index (χ3v) is 1.76. The van der Waals surface area contributed by atoms with E-state index in [1.807, 2.05) is 13.1 Å². The van der Waals surface area contributed by atoms with Crippen LogP contribution in [-0.4, -0.2) is 14.9 Å². The van der Waals surface area contributed by atoms with Crippen molar-refractivity contribution in [2.75, 3.05) is 0 Å². The Morgan fingerprint density at radius 3 is 2.91 bits per heavy atom. The Bertz CT molecular complexity index is 220. The van der Waals surface area contributed by atoms with Crippen LogP contribution in [0.2, 0.25) is 0 Å². The Kier molecular flexibility index (Phi) is 2.65. The van der Waals surface area contributed by atoms with E-state index in [4.69, 9.17) is 0 Å². The molecule has 1 atom stereocenters. The zero-order chi connectivity index (χ0) is 8.27. The number of aliphatic hydroxyl groups is 1. The van der Waals surface area contributed by atoms with Crippen molar-refractivity contribution in [3.05, 3.63) is 18.0 Å². The minimum Gasteiger partial charge on any atom is -0.387 e. The minimum atomic E-state index is -0.354. The fraction of sp³-hybridized carbons (Fsp3) is 0.625. The second-order valence-corrected chi connectivity index (χ2v) is 2.68. The highest BCUT2D eigenvalue weighted by Gasteiger charge is 2.08. The Morgan fingerprint density at radius 1 is 1.73 bits per heavy atom. The van der Waals surface area contributed by atoms with Crippen molar-refractivity contribution < 1.29 is 5.11 Å². The van der Waals surface area contributed by atoms with Gasteiger partial charge in [0.15, 0.2) is 0 Å². The number of aliphatic hydroxyl groups excluding tert-OH is 1. The maximum absolute atomic E-state index is 9.53. The van der Waals surface area contributed by atoms with Gasteiger partial charge in [-0.05, 0) is 12.5 Å². The lowest BCUT2D eigenvalue weighted by atomic mass is 10.1. The van der Waals surface area contributed by atoms with Crippen LogP contribution in [0.5, 0.6) is 0 Å². The molecule has 3 heteroatoms. The van der Waals surface area contributed by atoms with Crippen LogP contribution in [0.25, 0.3) is 0 Å². The first kappa shape index (κ1) is 8.27. The van der Waals surface area contributed by atoms with E-state index in [1.54, 1.807) is 10.9 Å². The first-order valence-corrected chi connectivity index (χ1v) is 3.91.